The van der Waals surface area contributed by atoms with Gasteiger partial charge in [-0.2, -0.15) is 0 Å². The quantitative estimate of drug-likeness (QED) is 0.652. The highest BCUT2D eigenvalue weighted by atomic mass is 15.1. The van der Waals surface area contributed by atoms with E-state index in [-0.39, 0.29) is 0 Å². The van der Waals surface area contributed by atoms with Crippen LogP contribution in [0.2, 0.25) is 0 Å². The number of rotatable bonds is 9. The summed E-state index contributed by atoms with van der Waals surface area (Å²) in [5.74, 6) is 1.52. The van der Waals surface area contributed by atoms with Crippen LogP contribution in [0.4, 0.5) is 0 Å². The minimum atomic E-state index is 0.636. The first-order chi connectivity index (χ1) is 7.47. The normalized spacial score (nSPS) is 14.1. The maximum Gasteiger partial charge on any atom is 0.0217 e. The number of hydrogen-bond donors (Lipinski definition) is 1. The number of likely N-dealkylation sites (N-methyl/N-ethyl adjacent to an activating group) is 1. The zero-order valence-electron chi connectivity index (χ0n) is 12.2. The fourth-order valence-electron chi connectivity index (χ4n) is 1.75. The highest BCUT2D eigenvalue weighted by Crippen LogP contribution is 2.06. The van der Waals surface area contributed by atoms with Gasteiger partial charge in [0, 0.05) is 12.6 Å². The number of hydrogen-bond acceptors (Lipinski definition) is 2. The van der Waals surface area contributed by atoms with Crippen molar-refractivity contribution in [1.29, 1.82) is 0 Å². The Morgan fingerprint density at radius 2 is 1.75 bits per heavy atom. The summed E-state index contributed by atoms with van der Waals surface area (Å²) in [5, 5.41) is 3.65. The fraction of sp³-hybridized carbons (Fsp3) is 1.00. The molecular formula is C14H32N2. The molecule has 0 spiro atoms. The molecule has 0 rings (SSSR count). The average Bonchev–Trinajstić information content (AvgIpc) is 2.20. The Bertz CT molecular complexity index is 155. The fourth-order valence-corrected chi connectivity index (χ4v) is 1.75. The molecule has 0 amide bonds. The van der Waals surface area contributed by atoms with E-state index in [4.69, 9.17) is 0 Å². The molecule has 0 fully saturated rings. The van der Waals surface area contributed by atoms with E-state index in [2.05, 4.69) is 51.9 Å². The van der Waals surface area contributed by atoms with Gasteiger partial charge in [0.05, 0.1) is 0 Å². The van der Waals surface area contributed by atoms with Crippen molar-refractivity contribution < 1.29 is 0 Å². The van der Waals surface area contributed by atoms with Crippen molar-refractivity contribution in [3.63, 3.8) is 0 Å². The first-order valence-electron chi connectivity index (χ1n) is 6.89. The molecular weight excluding hydrogens is 196 g/mol. The lowest BCUT2D eigenvalue weighted by Gasteiger charge is -2.28. The van der Waals surface area contributed by atoms with Gasteiger partial charge in [-0.25, -0.2) is 0 Å². The molecule has 2 heteroatoms. The highest BCUT2D eigenvalue weighted by Gasteiger charge is 2.14. The Morgan fingerprint density at radius 3 is 2.19 bits per heavy atom. The van der Waals surface area contributed by atoms with Crippen molar-refractivity contribution in [2.75, 3.05) is 26.7 Å². The third-order valence-corrected chi connectivity index (χ3v) is 3.06. The van der Waals surface area contributed by atoms with Gasteiger partial charge in [0.2, 0.25) is 0 Å². The highest BCUT2D eigenvalue weighted by molar-refractivity contribution is 4.73. The molecule has 1 N–H and O–H groups in total. The van der Waals surface area contributed by atoms with Gasteiger partial charge >= 0.3 is 0 Å². The second kappa shape index (κ2) is 9.00. The Balaban J connectivity index is 3.88. The Morgan fingerprint density at radius 1 is 1.12 bits per heavy atom. The van der Waals surface area contributed by atoms with Crippen LogP contribution >= 0.6 is 0 Å². The summed E-state index contributed by atoms with van der Waals surface area (Å²) in [6, 6.07) is 0.636. The van der Waals surface area contributed by atoms with E-state index in [1.54, 1.807) is 0 Å². The summed E-state index contributed by atoms with van der Waals surface area (Å²) >= 11 is 0. The largest absolute Gasteiger partial charge is 0.312 e. The first-order valence-corrected chi connectivity index (χ1v) is 6.89. The molecule has 0 aromatic carbocycles. The summed E-state index contributed by atoms with van der Waals surface area (Å²) < 4.78 is 0. The lowest BCUT2D eigenvalue weighted by molar-refractivity contribution is 0.244. The van der Waals surface area contributed by atoms with Crippen molar-refractivity contribution in [3.8, 4) is 0 Å². The van der Waals surface area contributed by atoms with Crippen LogP contribution in [0.15, 0.2) is 0 Å². The van der Waals surface area contributed by atoms with Crippen molar-refractivity contribution in [2.24, 2.45) is 11.8 Å². The van der Waals surface area contributed by atoms with Crippen LogP contribution in [-0.2, 0) is 0 Å². The van der Waals surface area contributed by atoms with Crippen molar-refractivity contribution >= 4 is 0 Å². The number of nitrogens with one attached hydrogen (secondary N) is 1. The van der Waals surface area contributed by atoms with E-state index in [1.165, 1.54) is 25.9 Å². The van der Waals surface area contributed by atoms with Gasteiger partial charge in [-0.1, -0.05) is 34.6 Å². The molecule has 0 aromatic heterocycles. The van der Waals surface area contributed by atoms with Crippen LogP contribution in [0.5, 0.6) is 0 Å². The molecule has 0 aliphatic heterocycles. The van der Waals surface area contributed by atoms with Crippen molar-refractivity contribution in [1.82, 2.24) is 10.2 Å². The Kier molecular flexibility index (Phi) is 8.96. The molecule has 0 radical (unpaired) electrons. The zero-order chi connectivity index (χ0) is 12.6. The maximum atomic E-state index is 3.65. The number of nitrogens with zero attached hydrogens (tertiary/aromatic N) is 1. The van der Waals surface area contributed by atoms with E-state index in [1.807, 2.05) is 0 Å². The summed E-state index contributed by atoms with van der Waals surface area (Å²) in [6.45, 7) is 15.0. The van der Waals surface area contributed by atoms with Gasteiger partial charge in [-0.3, -0.25) is 0 Å². The summed E-state index contributed by atoms with van der Waals surface area (Å²) in [7, 11) is 2.24. The van der Waals surface area contributed by atoms with Crippen LogP contribution in [0.25, 0.3) is 0 Å². The summed E-state index contributed by atoms with van der Waals surface area (Å²) in [5.41, 5.74) is 0. The van der Waals surface area contributed by atoms with Gasteiger partial charge in [0.15, 0.2) is 0 Å². The molecule has 0 aliphatic rings. The van der Waals surface area contributed by atoms with E-state index in [0.717, 1.165) is 12.5 Å². The molecule has 0 bridgehead atoms. The third-order valence-electron chi connectivity index (χ3n) is 3.06. The second-order valence-corrected chi connectivity index (χ2v) is 5.75. The molecule has 2 nitrogen and oxygen atoms in total. The van der Waals surface area contributed by atoms with Crippen LogP contribution in [0.3, 0.4) is 0 Å². The second-order valence-electron chi connectivity index (χ2n) is 5.75. The molecule has 1 unspecified atom stereocenters. The molecule has 0 heterocycles. The molecule has 0 saturated carbocycles. The van der Waals surface area contributed by atoms with Gasteiger partial charge < -0.3 is 10.2 Å². The Labute approximate surface area is 103 Å². The molecule has 98 valence electrons. The average molecular weight is 228 g/mol. The minimum Gasteiger partial charge on any atom is -0.312 e. The summed E-state index contributed by atoms with van der Waals surface area (Å²) in [6.07, 6.45) is 2.52. The lowest BCUT2D eigenvalue weighted by Crippen LogP contribution is -2.43. The SMILES string of the molecule is CCCNC(CN(C)CCC(C)C)C(C)C. The molecule has 1 atom stereocenters. The van der Waals surface area contributed by atoms with Crippen LogP contribution in [0.1, 0.15) is 47.5 Å². The predicted octanol–water partition coefficient (Wildman–Crippen LogP) is 2.99. The summed E-state index contributed by atoms with van der Waals surface area (Å²) in [4.78, 5) is 2.47. The van der Waals surface area contributed by atoms with Crippen LogP contribution in [0, 0.1) is 11.8 Å². The van der Waals surface area contributed by atoms with E-state index in [9.17, 15) is 0 Å². The van der Waals surface area contributed by atoms with Gasteiger partial charge in [0.25, 0.3) is 0 Å². The van der Waals surface area contributed by atoms with Gasteiger partial charge in [0.1, 0.15) is 0 Å². The topological polar surface area (TPSA) is 15.3 Å². The lowest BCUT2D eigenvalue weighted by atomic mass is 10.0. The van der Waals surface area contributed by atoms with E-state index in [0.29, 0.717) is 12.0 Å². The molecule has 0 saturated heterocycles. The minimum absolute atomic E-state index is 0.636. The molecule has 0 aromatic rings. The smallest absolute Gasteiger partial charge is 0.0217 e. The zero-order valence-corrected chi connectivity index (χ0v) is 12.2. The Hall–Kier alpha value is -0.0800. The third kappa shape index (κ3) is 8.12. The predicted molar refractivity (Wildman–Crippen MR) is 73.9 cm³/mol. The standard InChI is InChI=1S/C14H32N2/c1-7-9-15-14(13(4)5)11-16(6)10-8-12(2)3/h12-15H,7-11H2,1-6H3. The van der Waals surface area contributed by atoms with E-state index < -0.39 is 0 Å². The van der Waals surface area contributed by atoms with Crippen molar-refractivity contribution in [3.05, 3.63) is 0 Å². The van der Waals surface area contributed by atoms with Crippen LogP contribution < -0.4 is 5.32 Å². The first kappa shape index (κ1) is 15.9. The molecule has 16 heavy (non-hydrogen) atoms. The molecule has 0 aliphatic carbocycles. The van der Waals surface area contributed by atoms with E-state index >= 15 is 0 Å². The monoisotopic (exact) mass is 228 g/mol. The van der Waals surface area contributed by atoms with Crippen LogP contribution in [-0.4, -0.2) is 37.6 Å². The van der Waals surface area contributed by atoms with Crippen molar-refractivity contribution in [2.45, 2.75) is 53.5 Å². The maximum absolute atomic E-state index is 3.65. The van der Waals surface area contributed by atoms with Gasteiger partial charge in [-0.15, -0.1) is 0 Å². The van der Waals surface area contributed by atoms with Gasteiger partial charge in [-0.05, 0) is 44.8 Å².